The Morgan fingerprint density at radius 2 is 1.59 bits per heavy atom. The van der Waals surface area contributed by atoms with Crippen molar-refractivity contribution in [2.24, 2.45) is 17.6 Å². The highest BCUT2D eigenvalue weighted by molar-refractivity contribution is 5.93. The van der Waals surface area contributed by atoms with Crippen LogP contribution in [0, 0.1) is 11.8 Å². The van der Waals surface area contributed by atoms with Gasteiger partial charge in [-0.2, -0.15) is 0 Å². The van der Waals surface area contributed by atoms with Crippen molar-refractivity contribution in [1.82, 2.24) is 16.0 Å². The van der Waals surface area contributed by atoms with Crippen LogP contribution in [0.15, 0.2) is 0 Å². The van der Waals surface area contributed by atoms with E-state index >= 15 is 0 Å². The summed E-state index contributed by atoms with van der Waals surface area (Å²) in [5.41, 5.74) is 5.47. The SMILES string of the molecule is CC[C@H](C)[C@H](NC(=O)[C@H](CC(C)C)NC(=O)[C@@H](N)CO)C(=O)NCC(=O)O. The van der Waals surface area contributed by atoms with Crippen LogP contribution in [0.1, 0.15) is 40.5 Å². The zero-order valence-electron chi connectivity index (χ0n) is 16.3. The Kier molecular flexibility index (Phi) is 11.2. The van der Waals surface area contributed by atoms with E-state index in [4.69, 9.17) is 15.9 Å². The zero-order chi connectivity index (χ0) is 21.1. The number of carboxylic acid groups (broad SMARTS) is 1. The number of carbonyl (C=O) groups is 4. The quantitative estimate of drug-likeness (QED) is 0.238. The third-order valence-electron chi connectivity index (χ3n) is 4.08. The smallest absolute Gasteiger partial charge is 0.322 e. The van der Waals surface area contributed by atoms with Gasteiger partial charge >= 0.3 is 5.97 Å². The van der Waals surface area contributed by atoms with Crippen molar-refractivity contribution in [1.29, 1.82) is 0 Å². The van der Waals surface area contributed by atoms with Gasteiger partial charge in [-0.1, -0.05) is 34.1 Å². The maximum atomic E-state index is 12.7. The Morgan fingerprint density at radius 3 is 2.04 bits per heavy atom. The van der Waals surface area contributed by atoms with Gasteiger partial charge in [0.25, 0.3) is 0 Å². The minimum Gasteiger partial charge on any atom is -0.480 e. The molecule has 7 N–H and O–H groups in total. The highest BCUT2D eigenvalue weighted by Gasteiger charge is 2.31. The van der Waals surface area contributed by atoms with Crippen LogP contribution in [0.5, 0.6) is 0 Å². The lowest BCUT2D eigenvalue weighted by atomic mass is 9.96. The van der Waals surface area contributed by atoms with Crippen LogP contribution in [0.4, 0.5) is 0 Å². The Hall–Kier alpha value is -2.20. The average Bonchev–Trinajstić information content (AvgIpc) is 2.61. The van der Waals surface area contributed by atoms with E-state index in [2.05, 4.69) is 16.0 Å². The molecule has 0 heterocycles. The molecule has 0 bridgehead atoms. The largest absolute Gasteiger partial charge is 0.480 e. The summed E-state index contributed by atoms with van der Waals surface area (Å²) >= 11 is 0. The highest BCUT2D eigenvalue weighted by Crippen LogP contribution is 2.11. The molecule has 0 fully saturated rings. The fourth-order valence-corrected chi connectivity index (χ4v) is 2.29. The summed E-state index contributed by atoms with van der Waals surface area (Å²) in [5.74, 6) is -3.24. The molecule has 0 aliphatic carbocycles. The number of hydrogen-bond donors (Lipinski definition) is 6. The standard InChI is InChI=1S/C17H32N4O6/c1-5-10(4)14(17(27)19-7-13(23)24)21-16(26)12(6-9(2)3)20-15(25)11(18)8-22/h9-12,14,22H,5-8,18H2,1-4H3,(H,19,27)(H,20,25)(H,21,26)(H,23,24)/t10-,11-,12-,14-/m0/s1. The number of aliphatic carboxylic acids is 1. The molecular formula is C17H32N4O6. The van der Waals surface area contributed by atoms with Gasteiger partial charge in [0.1, 0.15) is 24.7 Å². The molecule has 156 valence electrons. The van der Waals surface area contributed by atoms with Crippen LogP contribution in [0.2, 0.25) is 0 Å². The van der Waals surface area contributed by atoms with Gasteiger partial charge < -0.3 is 31.9 Å². The third-order valence-corrected chi connectivity index (χ3v) is 4.08. The summed E-state index contributed by atoms with van der Waals surface area (Å²) in [6, 6.07) is -3.04. The van der Waals surface area contributed by atoms with E-state index in [0.717, 1.165) is 0 Å². The Balaban J connectivity index is 5.25. The molecule has 0 aliphatic heterocycles. The number of carbonyl (C=O) groups excluding carboxylic acids is 3. The van der Waals surface area contributed by atoms with Crippen LogP contribution >= 0.6 is 0 Å². The molecular weight excluding hydrogens is 356 g/mol. The van der Waals surface area contributed by atoms with Gasteiger partial charge in [-0.25, -0.2) is 0 Å². The second-order valence-corrected chi connectivity index (χ2v) is 6.96. The first-order valence-electron chi connectivity index (χ1n) is 9.00. The number of aliphatic hydroxyl groups excluding tert-OH is 1. The molecule has 27 heavy (non-hydrogen) atoms. The molecule has 0 saturated heterocycles. The Labute approximate surface area is 159 Å². The normalized spacial score (nSPS) is 15.4. The molecule has 4 atom stereocenters. The predicted octanol–water partition coefficient (Wildman–Crippen LogP) is -1.43. The molecule has 10 nitrogen and oxygen atoms in total. The van der Waals surface area contributed by atoms with Crippen LogP contribution in [-0.4, -0.2) is 65.2 Å². The van der Waals surface area contributed by atoms with Crippen LogP contribution in [0.25, 0.3) is 0 Å². The van der Waals surface area contributed by atoms with Gasteiger partial charge in [0.15, 0.2) is 0 Å². The molecule has 0 rings (SSSR count). The topological polar surface area (TPSA) is 171 Å². The minimum atomic E-state index is -1.19. The summed E-state index contributed by atoms with van der Waals surface area (Å²) in [5, 5.41) is 25.0. The number of carboxylic acids is 1. The fourth-order valence-electron chi connectivity index (χ4n) is 2.29. The second kappa shape index (κ2) is 12.2. The second-order valence-electron chi connectivity index (χ2n) is 6.96. The molecule has 0 saturated carbocycles. The molecule has 0 spiro atoms. The van der Waals surface area contributed by atoms with Crippen molar-refractivity contribution in [2.75, 3.05) is 13.2 Å². The lowest BCUT2D eigenvalue weighted by Gasteiger charge is -2.27. The van der Waals surface area contributed by atoms with E-state index in [1.165, 1.54) is 0 Å². The molecule has 0 aromatic heterocycles. The summed E-state index contributed by atoms with van der Waals surface area (Å²) < 4.78 is 0. The van der Waals surface area contributed by atoms with Crippen molar-refractivity contribution in [2.45, 2.75) is 58.7 Å². The maximum absolute atomic E-state index is 12.7. The summed E-state index contributed by atoms with van der Waals surface area (Å²) in [6.45, 7) is 6.20. The first-order chi connectivity index (χ1) is 12.5. The average molecular weight is 388 g/mol. The monoisotopic (exact) mass is 388 g/mol. The van der Waals surface area contributed by atoms with Crippen LogP contribution in [-0.2, 0) is 19.2 Å². The van der Waals surface area contributed by atoms with Crippen molar-refractivity contribution < 1.29 is 29.4 Å². The maximum Gasteiger partial charge on any atom is 0.322 e. The van der Waals surface area contributed by atoms with Crippen LogP contribution in [0.3, 0.4) is 0 Å². The van der Waals surface area contributed by atoms with Crippen molar-refractivity contribution in [3.8, 4) is 0 Å². The van der Waals surface area contributed by atoms with Crippen molar-refractivity contribution >= 4 is 23.7 Å². The molecule has 3 amide bonds. The van der Waals surface area contributed by atoms with Gasteiger partial charge in [-0.05, 0) is 18.3 Å². The van der Waals surface area contributed by atoms with Gasteiger partial charge in [0.2, 0.25) is 17.7 Å². The van der Waals surface area contributed by atoms with Gasteiger partial charge in [-0.15, -0.1) is 0 Å². The van der Waals surface area contributed by atoms with Crippen molar-refractivity contribution in [3.05, 3.63) is 0 Å². The lowest BCUT2D eigenvalue weighted by molar-refractivity contribution is -0.139. The third kappa shape index (κ3) is 9.34. The number of amides is 3. The van der Waals surface area contributed by atoms with E-state index in [0.29, 0.717) is 12.8 Å². The predicted molar refractivity (Wildman–Crippen MR) is 98.5 cm³/mol. The highest BCUT2D eigenvalue weighted by atomic mass is 16.4. The zero-order valence-corrected chi connectivity index (χ0v) is 16.3. The van der Waals surface area contributed by atoms with Crippen LogP contribution < -0.4 is 21.7 Å². The van der Waals surface area contributed by atoms with Gasteiger partial charge in [-0.3, -0.25) is 19.2 Å². The van der Waals surface area contributed by atoms with E-state index in [-0.39, 0.29) is 11.8 Å². The van der Waals surface area contributed by atoms with Gasteiger partial charge in [0, 0.05) is 0 Å². The number of nitrogens with two attached hydrogens (primary N) is 1. The Morgan fingerprint density at radius 1 is 1.00 bits per heavy atom. The number of rotatable bonds is 12. The number of hydrogen-bond acceptors (Lipinski definition) is 6. The van der Waals surface area contributed by atoms with Gasteiger partial charge in [0.05, 0.1) is 6.61 Å². The van der Waals surface area contributed by atoms with E-state index in [1.807, 2.05) is 20.8 Å². The Bertz CT molecular complexity index is 526. The van der Waals surface area contributed by atoms with Crippen molar-refractivity contribution in [3.63, 3.8) is 0 Å². The number of aliphatic hydroxyl groups is 1. The summed E-state index contributed by atoms with van der Waals surface area (Å²) in [6.07, 6.45) is 0.877. The molecule has 0 aromatic rings. The molecule has 10 heteroatoms. The van der Waals surface area contributed by atoms with E-state index < -0.39 is 55.0 Å². The molecule has 0 radical (unpaired) electrons. The molecule has 0 aliphatic rings. The van der Waals surface area contributed by atoms with E-state index in [9.17, 15) is 19.2 Å². The summed E-state index contributed by atoms with van der Waals surface area (Å²) in [4.78, 5) is 47.5. The molecule has 0 aromatic carbocycles. The number of nitrogens with one attached hydrogen (secondary N) is 3. The first-order valence-corrected chi connectivity index (χ1v) is 9.00. The lowest BCUT2D eigenvalue weighted by Crippen LogP contribution is -2.58. The fraction of sp³-hybridized carbons (Fsp3) is 0.765. The van der Waals surface area contributed by atoms with E-state index in [1.54, 1.807) is 6.92 Å². The summed E-state index contributed by atoms with van der Waals surface area (Å²) in [7, 11) is 0. The first kappa shape index (κ1) is 24.8. The molecule has 0 unspecified atom stereocenters. The minimum absolute atomic E-state index is 0.0642.